The highest BCUT2D eigenvalue weighted by molar-refractivity contribution is 5.49. The van der Waals surface area contributed by atoms with Gasteiger partial charge in [-0.1, -0.05) is 39.5 Å². The number of nitrogens with zero attached hydrogens (tertiary/aromatic N) is 1. The van der Waals surface area contributed by atoms with Crippen LogP contribution in [0.4, 0.5) is 40.8 Å². The fraction of sp³-hybridized carbons (Fsp3) is 0.714. The fourth-order valence-corrected chi connectivity index (χ4v) is 3.32. The molecule has 0 saturated heterocycles. The highest BCUT2D eigenvalue weighted by Crippen LogP contribution is 2.36. The van der Waals surface area contributed by atoms with E-state index in [-0.39, 0.29) is 38.1 Å². The maximum Gasteiger partial charge on any atom is 0.389 e. The van der Waals surface area contributed by atoms with E-state index in [1.807, 2.05) is 6.92 Å². The van der Waals surface area contributed by atoms with Gasteiger partial charge in [0.1, 0.15) is 11.6 Å². The lowest BCUT2D eigenvalue weighted by atomic mass is 10.0. The van der Waals surface area contributed by atoms with Crippen molar-refractivity contribution < 1.29 is 35.1 Å². The Morgan fingerprint density at radius 3 is 2.13 bits per heavy atom. The Labute approximate surface area is 172 Å². The molecule has 9 heteroatoms. The number of hydrogen-bond acceptors (Lipinski definition) is 1. The first-order valence-corrected chi connectivity index (χ1v) is 10.2. The lowest BCUT2D eigenvalue weighted by Crippen LogP contribution is -2.51. The van der Waals surface area contributed by atoms with Crippen molar-refractivity contribution >= 4 is 5.69 Å². The van der Waals surface area contributed by atoms with Crippen LogP contribution in [0.25, 0.3) is 0 Å². The standard InChI is InChI=1S/C21H29F8N/c1-3-8-15(2)14-30(18-11-10-16(22)13-17(18)23)21(28,29)19(24)9-6-4-5-7-12-20(25,26)27/h10-11,13,15,19H,3-9,12,14H2,1-2H3. The van der Waals surface area contributed by atoms with Crippen LogP contribution in [0.15, 0.2) is 18.2 Å². The first kappa shape index (κ1) is 26.5. The minimum Gasteiger partial charge on any atom is -0.308 e. The molecule has 1 aromatic rings. The lowest BCUT2D eigenvalue weighted by Gasteiger charge is -2.37. The van der Waals surface area contributed by atoms with Crippen LogP contribution in [0, 0.1) is 17.6 Å². The van der Waals surface area contributed by atoms with Gasteiger partial charge in [-0.25, -0.2) is 13.2 Å². The lowest BCUT2D eigenvalue weighted by molar-refractivity contribution is -0.135. The summed E-state index contributed by atoms with van der Waals surface area (Å²) in [7, 11) is 0. The summed E-state index contributed by atoms with van der Waals surface area (Å²) in [6.07, 6.45) is -7.00. The van der Waals surface area contributed by atoms with Crippen molar-refractivity contribution in [2.75, 3.05) is 11.4 Å². The molecule has 0 radical (unpaired) electrons. The average Bonchev–Trinajstić information content (AvgIpc) is 2.62. The number of benzene rings is 1. The molecule has 1 rings (SSSR count). The summed E-state index contributed by atoms with van der Waals surface area (Å²) < 4.78 is 108. The fourth-order valence-electron chi connectivity index (χ4n) is 3.32. The van der Waals surface area contributed by atoms with E-state index in [2.05, 4.69) is 0 Å². The molecule has 0 spiro atoms. The van der Waals surface area contributed by atoms with Gasteiger partial charge < -0.3 is 4.90 Å². The van der Waals surface area contributed by atoms with E-state index in [4.69, 9.17) is 0 Å². The van der Waals surface area contributed by atoms with E-state index in [1.54, 1.807) is 6.92 Å². The zero-order chi connectivity index (χ0) is 22.9. The van der Waals surface area contributed by atoms with Crippen molar-refractivity contribution in [3.63, 3.8) is 0 Å². The van der Waals surface area contributed by atoms with E-state index in [1.165, 1.54) is 0 Å². The van der Waals surface area contributed by atoms with Gasteiger partial charge in [0.05, 0.1) is 5.69 Å². The molecule has 0 bridgehead atoms. The Morgan fingerprint density at radius 1 is 0.933 bits per heavy atom. The number of unbranched alkanes of at least 4 members (excludes halogenated alkanes) is 3. The van der Waals surface area contributed by atoms with Crippen LogP contribution in [-0.4, -0.2) is 24.9 Å². The number of alkyl halides is 6. The average molecular weight is 447 g/mol. The van der Waals surface area contributed by atoms with E-state index >= 15 is 0 Å². The third-order valence-electron chi connectivity index (χ3n) is 4.88. The van der Waals surface area contributed by atoms with Crippen LogP contribution in [0.1, 0.15) is 65.2 Å². The normalized spacial score (nSPS) is 14.6. The molecule has 0 saturated carbocycles. The first-order valence-electron chi connectivity index (χ1n) is 10.2. The Balaban J connectivity index is 2.82. The van der Waals surface area contributed by atoms with Gasteiger partial charge in [0, 0.05) is 19.0 Å². The molecule has 0 aliphatic rings. The summed E-state index contributed by atoms with van der Waals surface area (Å²) in [6, 6.07) is -1.88. The summed E-state index contributed by atoms with van der Waals surface area (Å²) in [5.74, 6) is -2.44. The van der Waals surface area contributed by atoms with Gasteiger partial charge in [-0.3, -0.25) is 0 Å². The molecule has 0 fully saturated rings. The maximum absolute atomic E-state index is 14.9. The molecule has 0 aliphatic carbocycles. The number of anilines is 1. The maximum atomic E-state index is 14.9. The summed E-state index contributed by atoms with van der Waals surface area (Å²) in [5, 5.41) is 0. The minimum absolute atomic E-state index is 0.0150. The van der Waals surface area contributed by atoms with Gasteiger partial charge in [0.2, 0.25) is 0 Å². The Hall–Kier alpha value is -1.54. The molecular weight excluding hydrogens is 418 g/mol. The summed E-state index contributed by atoms with van der Waals surface area (Å²) in [5.41, 5.74) is -0.586. The topological polar surface area (TPSA) is 3.24 Å². The second-order valence-corrected chi connectivity index (χ2v) is 7.72. The molecule has 1 aromatic carbocycles. The van der Waals surface area contributed by atoms with Gasteiger partial charge in [-0.2, -0.15) is 22.0 Å². The highest BCUT2D eigenvalue weighted by Gasteiger charge is 2.47. The Bertz CT molecular complexity index is 632. The predicted molar refractivity (Wildman–Crippen MR) is 101 cm³/mol. The van der Waals surface area contributed by atoms with Crippen molar-refractivity contribution in [2.24, 2.45) is 5.92 Å². The summed E-state index contributed by atoms with van der Waals surface area (Å²) in [4.78, 5) is 0.344. The molecule has 30 heavy (non-hydrogen) atoms. The highest BCUT2D eigenvalue weighted by atomic mass is 19.4. The molecule has 0 amide bonds. The molecule has 1 nitrogen and oxygen atoms in total. The zero-order valence-electron chi connectivity index (χ0n) is 17.2. The van der Waals surface area contributed by atoms with Crippen molar-refractivity contribution in [1.82, 2.24) is 0 Å². The van der Waals surface area contributed by atoms with Crippen LogP contribution in [0.5, 0.6) is 0 Å². The smallest absolute Gasteiger partial charge is 0.308 e. The molecule has 0 heterocycles. The molecule has 2 unspecified atom stereocenters. The number of hydrogen-bond donors (Lipinski definition) is 0. The monoisotopic (exact) mass is 447 g/mol. The molecule has 0 aliphatic heterocycles. The minimum atomic E-state index is -4.27. The molecular formula is C21H29F8N. The predicted octanol–water partition coefficient (Wildman–Crippen LogP) is 8.04. The second kappa shape index (κ2) is 11.7. The van der Waals surface area contributed by atoms with Crippen LogP contribution in [-0.2, 0) is 0 Å². The molecule has 174 valence electrons. The van der Waals surface area contributed by atoms with Crippen LogP contribution < -0.4 is 4.90 Å². The second-order valence-electron chi connectivity index (χ2n) is 7.72. The van der Waals surface area contributed by atoms with Gasteiger partial charge in [0.15, 0.2) is 6.17 Å². The number of rotatable bonds is 13. The Morgan fingerprint density at radius 2 is 1.57 bits per heavy atom. The van der Waals surface area contributed by atoms with Gasteiger partial charge in [-0.15, -0.1) is 0 Å². The van der Waals surface area contributed by atoms with E-state index in [0.29, 0.717) is 23.8 Å². The zero-order valence-corrected chi connectivity index (χ0v) is 17.2. The van der Waals surface area contributed by atoms with Crippen molar-refractivity contribution in [3.8, 4) is 0 Å². The van der Waals surface area contributed by atoms with E-state index in [9.17, 15) is 35.1 Å². The van der Waals surface area contributed by atoms with Crippen LogP contribution >= 0.6 is 0 Å². The largest absolute Gasteiger partial charge is 0.389 e. The van der Waals surface area contributed by atoms with E-state index < -0.39 is 48.6 Å². The third-order valence-corrected chi connectivity index (χ3v) is 4.88. The van der Waals surface area contributed by atoms with Crippen molar-refractivity contribution in [1.29, 1.82) is 0 Å². The molecule has 0 N–H and O–H groups in total. The summed E-state index contributed by atoms with van der Waals surface area (Å²) in [6.45, 7) is 3.21. The van der Waals surface area contributed by atoms with Crippen LogP contribution in [0.2, 0.25) is 0 Å². The number of halogens is 8. The van der Waals surface area contributed by atoms with Crippen molar-refractivity contribution in [3.05, 3.63) is 29.8 Å². The Kier molecular flexibility index (Phi) is 10.4. The summed E-state index contributed by atoms with van der Waals surface area (Å²) >= 11 is 0. The van der Waals surface area contributed by atoms with Crippen molar-refractivity contribution in [2.45, 2.75) is 83.6 Å². The SMILES string of the molecule is CCCC(C)CN(c1ccc(F)cc1F)C(F)(F)C(F)CCCCCCC(F)(F)F. The molecule has 2 atom stereocenters. The quantitative estimate of drug-likeness (QED) is 0.168. The van der Waals surface area contributed by atoms with Gasteiger partial charge in [0.25, 0.3) is 0 Å². The van der Waals surface area contributed by atoms with E-state index in [0.717, 1.165) is 12.1 Å². The molecule has 0 aromatic heterocycles. The third kappa shape index (κ3) is 8.68. The van der Waals surface area contributed by atoms with Crippen LogP contribution in [0.3, 0.4) is 0 Å². The first-order chi connectivity index (χ1) is 13.9. The van der Waals surface area contributed by atoms with Gasteiger partial charge >= 0.3 is 12.2 Å². The van der Waals surface area contributed by atoms with Gasteiger partial charge in [-0.05, 0) is 37.3 Å².